The Hall–Kier alpha value is -2.56. The van der Waals surface area contributed by atoms with Gasteiger partial charge in [0.15, 0.2) is 5.65 Å². The fourth-order valence-corrected chi connectivity index (χ4v) is 1.98. The minimum absolute atomic E-state index is 0.111. The van der Waals surface area contributed by atoms with Crippen LogP contribution in [0.2, 0.25) is 0 Å². The summed E-state index contributed by atoms with van der Waals surface area (Å²) >= 11 is 0. The molecule has 0 unspecified atom stereocenters. The number of aromatic nitrogens is 4. The normalized spacial score (nSPS) is 10.8. The third-order valence-electron chi connectivity index (χ3n) is 3.06. The van der Waals surface area contributed by atoms with Crippen LogP contribution in [0.5, 0.6) is 0 Å². The van der Waals surface area contributed by atoms with E-state index in [4.69, 9.17) is 0 Å². The van der Waals surface area contributed by atoms with E-state index >= 15 is 0 Å². The number of nitrogens with zero attached hydrogens (tertiary/aromatic N) is 4. The largest absolute Gasteiger partial charge is 0.287 e. The minimum atomic E-state index is -0.111. The predicted octanol–water partition coefficient (Wildman–Crippen LogP) is 1.90. The smallest absolute Gasteiger partial charge is 0.212 e. The van der Waals surface area contributed by atoms with E-state index in [1.54, 1.807) is 17.9 Å². The van der Waals surface area contributed by atoms with Crippen LogP contribution in [0.15, 0.2) is 36.8 Å². The number of ketones is 1. The van der Waals surface area contributed by atoms with Gasteiger partial charge in [-0.1, -0.05) is 29.8 Å². The first kappa shape index (κ1) is 11.5. The molecule has 3 aromatic rings. The highest BCUT2D eigenvalue weighted by Gasteiger charge is 2.16. The van der Waals surface area contributed by atoms with Gasteiger partial charge in [-0.15, -0.1) is 0 Å². The number of hydrogen-bond acceptors (Lipinski definition) is 4. The third kappa shape index (κ3) is 1.89. The molecule has 3 rings (SSSR count). The van der Waals surface area contributed by atoms with Crippen LogP contribution in [0.1, 0.15) is 21.6 Å². The predicted molar refractivity (Wildman–Crippen MR) is 70.9 cm³/mol. The average molecular weight is 252 g/mol. The maximum atomic E-state index is 12.5. The summed E-state index contributed by atoms with van der Waals surface area (Å²) in [6.45, 7) is 1.98. The van der Waals surface area contributed by atoms with Crippen molar-refractivity contribution in [3.63, 3.8) is 0 Å². The molecule has 94 valence electrons. The highest BCUT2D eigenvalue weighted by molar-refractivity contribution is 6.14. The van der Waals surface area contributed by atoms with E-state index in [-0.39, 0.29) is 5.78 Å². The Labute approximate surface area is 109 Å². The molecule has 1 aromatic carbocycles. The Kier molecular flexibility index (Phi) is 2.59. The summed E-state index contributed by atoms with van der Waals surface area (Å²) in [5, 5.41) is 4.78. The van der Waals surface area contributed by atoms with Gasteiger partial charge >= 0.3 is 0 Å². The summed E-state index contributed by atoms with van der Waals surface area (Å²) in [6.07, 6.45) is 3.02. The van der Waals surface area contributed by atoms with Crippen molar-refractivity contribution >= 4 is 16.8 Å². The number of fused-ring (bicyclic) bond motifs is 1. The van der Waals surface area contributed by atoms with E-state index in [1.807, 2.05) is 31.2 Å². The summed E-state index contributed by atoms with van der Waals surface area (Å²) in [5.41, 5.74) is 2.78. The van der Waals surface area contributed by atoms with Crippen molar-refractivity contribution in [1.82, 2.24) is 19.7 Å². The van der Waals surface area contributed by atoms with Crippen LogP contribution < -0.4 is 0 Å². The van der Waals surface area contributed by atoms with Gasteiger partial charge < -0.3 is 0 Å². The lowest BCUT2D eigenvalue weighted by Gasteiger charge is -2.02. The second-order valence-electron chi connectivity index (χ2n) is 4.42. The van der Waals surface area contributed by atoms with Crippen molar-refractivity contribution in [3.05, 3.63) is 53.6 Å². The number of benzene rings is 1. The van der Waals surface area contributed by atoms with Crippen molar-refractivity contribution in [2.75, 3.05) is 0 Å². The minimum Gasteiger partial charge on any atom is -0.287 e. The Morgan fingerprint density at radius 3 is 2.63 bits per heavy atom. The molecule has 2 heterocycles. The van der Waals surface area contributed by atoms with Crippen LogP contribution in [0.3, 0.4) is 0 Å². The summed E-state index contributed by atoms with van der Waals surface area (Å²) in [4.78, 5) is 20.7. The number of rotatable bonds is 2. The van der Waals surface area contributed by atoms with Gasteiger partial charge in [0, 0.05) is 12.6 Å². The zero-order valence-electron chi connectivity index (χ0n) is 10.7. The molecule has 19 heavy (non-hydrogen) atoms. The van der Waals surface area contributed by atoms with Crippen molar-refractivity contribution in [2.24, 2.45) is 7.05 Å². The fraction of sp³-hybridized carbons (Fsp3) is 0.143. The van der Waals surface area contributed by atoms with E-state index in [0.717, 1.165) is 5.56 Å². The van der Waals surface area contributed by atoms with Gasteiger partial charge in [0.2, 0.25) is 5.78 Å². The zero-order valence-corrected chi connectivity index (χ0v) is 10.7. The van der Waals surface area contributed by atoms with Gasteiger partial charge in [-0.3, -0.25) is 9.48 Å². The Bertz CT molecular complexity index is 759. The van der Waals surface area contributed by atoms with Crippen molar-refractivity contribution in [2.45, 2.75) is 6.92 Å². The highest BCUT2D eigenvalue weighted by atomic mass is 16.1. The average Bonchev–Trinajstić information content (AvgIpc) is 2.81. The van der Waals surface area contributed by atoms with Crippen molar-refractivity contribution in [1.29, 1.82) is 0 Å². The molecule has 0 radical (unpaired) electrons. The molecule has 2 aromatic heterocycles. The maximum Gasteiger partial charge on any atom is 0.212 e. The monoisotopic (exact) mass is 252 g/mol. The molecule has 0 atom stereocenters. The molecule has 0 amide bonds. The second kappa shape index (κ2) is 4.28. The number of carbonyl (C=O) groups is 1. The first-order chi connectivity index (χ1) is 9.16. The lowest BCUT2D eigenvalue weighted by molar-refractivity contribution is 0.103. The van der Waals surface area contributed by atoms with Crippen LogP contribution >= 0.6 is 0 Å². The molecular formula is C14H12N4O. The van der Waals surface area contributed by atoms with Crippen molar-refractivity contribution in [3.8, 4) is 0 Å². The number of hydrogen-bond donors (Lipinski definition) is 0. The first-order valence-electron chi connectivity index (χ1n) is 5.91. The molecule has 0 spiro atoms. The van der Waals surface area contributed by atoms with E-state index in [9.17, 15) is 4.79 Å². The van der Waals surface area contributed by atoms with Crippen LogP contribution in [-0.2, 0) is 7.05 Å². The standard InChI is InChI=1S/C14H12N4O/c1-9-3-5-10(6-4-9)13(19)12-11-7-17-18(2)14(11)16-8-15-12/h3-8H,1-2H3. The molecule has 0 bridgehead atoms. The van der Waals surface area contributed by atoms with Crippen molar-refractivity contribution < 1.29 is 4.79 Å². The number of aryl methyl sites for hydroxylation is 2. The summed E-state index contributed by atoms with van der Waals surface area (Å²) in [7, 11) is 1.79. The molecular weight excluding hydrogens is 240 g/mol. The Balaban J connectivity index is 2.14. The summed E-state index contributed by atoms with van der Waals surface area (Å²) in [5.74, 6) is -0.111. The van der Waals surface area contributed by atoms with Crippen LogP contribution in [0.4, 0.5) is 0 Å². The van der Waals surface area contributed by atoms with Gasteiger partial charge in [-0.25, -0.2) is 9.97 Å². The fourth-order valence-electron chi connectivity index (χ4n) is 1.98. The van der Waals surface area contributed by atoms with Crippen LogP contribution in [-0.4, -0.2) is 25.5 Å². The SMILES string of the molecule is Cc1ccc(C(=O)c2ncnc3c2cnn3C)cc1. The second-order valence-corrected chi connectivity index (χ2v) is 4.42. The van der Waals surface area contributed by atoms with Gasteiger partial charge in [0.1, 0.15) is 12.0 Å². The lowest BCUT2D eigenvalue weighted by Crippen LogP contribution is -2.05. The Morgan fingerprint density at radius 2 is 1.89 bits per heavy atom. The third-order valence-corrected chi connectivity index (χ3v) is 3.06. The molecule has 0 saturated heterocycles. The van der Waals surface area contributed by atoms with Crippen LogP contribution in [0, 0.1) is 6.92 Å². The zero-order chi connectivity index (χ0) is 13.4. The van der Waals surface area contributed by atoms with Gasteiger partial charge in [-0.05, 0) is 6.92 Å². The van der Waals surface area contributed by atoms with Gasteiger partial charge in [0.05, 0.1) is 11.6 Å². The maximum absolute atomic E-state index is 12.5. The molecule has 5 nitrogen and oxygen atoms in total. The van der Waals surface area contributed by atoms with Gasteiger partial charge in [-0.2, -0.15) is 5.10 Å². The Morgan fingerprint density at radius 1 is 1.16 bits per heavy atom. The number of carbonyl (C=O) groups excluding carboxylic acids is 1. The molecule has 5 heteroatoms. The first-order valence-corrected chi connectivity index (χ1v) is 5.91. The quantitative estimate of drug-likeness (QED) is 0.653. The molecule has 0 N–H and O–H groups in total. The lowest BCUT2D eigenvalue weighted by atomic mass is 10.0. The van der Waals surface area contributed by atoms with E-state index in [2.05, 4.69) is 15.1 Å². The molecule has 0 aliphatic rings. The van der Waals surface area contributed by atoms with Gasteiger partial charge in [0.25, 0.3) is 0 Å². The summed E-state index contributed by atoms with van der Waals surface area (Å²) < 4.78 is 1.63. The summed E-state index contributed by atoms with van der Waals surface area (Å²) in [6, 6.07) is 7.44. The molecule has 0 fully saturated rings. The van der Waals surface area contributed by atoms with E-state index < -0.39 is 0 Å². The van der Waals surface area contributed by atoms with E-state index in [0.29, 0.717) is 22.3 Å². The van der Waals surface area contributed by atoms with Crippen LogP contribution in [0.25, 0.3) is 11.0 Å². The molecule has 0 aliphatic heterocycles. The molecule has 0 aliphatic carbocycles. The molecule has 0 saturated carbocycles. The topological polar surface area (TPSA) is 60.7 Å². The highest BCUT2D eigenvalue weighted by Crippen LogP contribution is 2.17. The van der Waals surface area contributed by atoms with E-state index in [1.165, 1.54) is 6.33 Å².